The third-order valence-corrected chi connectivity index (χ3v) is 8.53. The first-order valence-corrected chi connectivity index (χ1v) is 14.3. The number of anilines is 1. The summed E-state index contributed by atoms with van der Waals surface area (Å²) in [6.07, 6.45) is 6.24. The van der Waals surface area contributed by atoms with Gasteiger partial charge in [-0.25, -0.2) is 15.1 Å². The van der Waals surface area contributed by atoms with Crippen LogP contribution in [0.25, 0.3) is 0 Å². The predicted octanol–water partition coefficient (Wildman–Crippen LogP) is 2.98. The smallest absolute Gasteiger partial charge is 0.333 e. The number of nitrogens with one attached hydrogen (secondary N) is 2. The number of fused-ring (bicyclic) bond motifs is 1. The molecule has 0 saturated heterocycles. The van der Waals surface area contributed by atoms with Crippen molar-refractivity contribution in [2.24, 2.45) is 11.1 Å². The summed E-state index contributed by atoms with van der Waals surface area (Å²) >= 11 is 1.42. The van der Waals surface area contributed by atoms with Gasteiger partial charge in [-0.15, -0.1) is 11.3 Å². The highest BCUT2D eigenvalue weighted by atomic mass is 32.2. The standard InChI is InChI=1S/C25H29N5O4S2/c1-25(21-5-3-2-4-17(21)8-9-29-25)18-11-22(35-14-18)23(31)20-12-27-15-28-24(20)30-19-7-6-16(10-19)13-34-36(26,32)33/h2-5,11-12,14-16,19,29H,6-10,13H2,1H3,(H2,26,32,33)(H,27,28,30)/t16?,19-,25?/m0/s1. The molecular formula is C25H29N5O4S2. The van der Waals surface area contributed by atoms with Crippen LogP contribution in [0.15, 0.2) is 48.2 Å². The van der Waals surface area contributed by atoms with Crippen LogP contribution in [0.1, 0.15) is 58.1 Å². The first-order chi connectivity index (χ1) is 17.2. The van der Waals surface area contributed by atoms with Crippen LogP contribution in [-0.4, -0.2) is 43.4 Å². The summed E-state index contributed by atoms with van der Waals surface area (Å²) in [7, 11) is -3.95. The van der Waals surface area contributed by atoms with E-state index in [0.29, 0.717) is 22.7 Å². The van der Waals surface area contributed by atoms with Crippen LogP contribution < -0.4 is 15.8 Å². The van der Waals surface area contributed by atoms with E-state index in [0.717, 1.165) is 31.4 Å². The van der Waals surface area contributed by atoms with E-state index in [2.05, 4.69) is 51.8 Å². The van der Waals surface area contributed by atoms with Gasteiger partial charge in [-0.3, -0.25) is 8.98 Å². The lowest BCUT2D eigenvalue weighted by Gasteiger charge is -2.37. The molecule has 5 rings (SSSR count). The van der Waals surface area contributed by atoms with E-state index in [1.165, 1.54) is 28.8 Å². The number of rotatable bonds is 8. The normalized spacial score (nSPS) is 23.8. The molecule has 1 fully saturated rings. The number of benzene rings is 1. The molecule has 4 N–H and O–H groups in total. The van der Waals surface area contributed by atoms with Gasteiger partial charge in [-0.2, -0.15) is 8.42 Å². The van der Waals surface area contributed by atoms with Crippen LogP contribution >= 0.6 is 11.3 Å². The number of carbonyl (C=O) groups is 1. The molecule has 190 valence electrons. The molecule has 11 heteroatoms. The van der Waals surface area contributed by atoms with Gasteiger partial charge in [-0.1, -0.05) is 24.3 Å². The zero-order valence-corrected chi connectivity index (χ0v) is 21.6. The van der Waals surface area contributed by atoms with Gasteiger partial charge in [0.2, 0.25) is 5.78 Å². The third kappa shape index (κ3) is 5.21. The Bertz CT molecular complexity index is 1380. The number of hydrogen-bond donors (Lipinski definition) is 3. The van der Waals surface area contributed by atoms with Crippen molar-refractivity contribution in [3.8, 4) is 0 Å². The summed E-state index contributed by atoms with van der Waals surface area (Å²) in [6, 6.07) is 10.4. The Morgan fingerprint density at radius 3 is 3.00 bits per heavy atom. The highest BCUT2D eigenvalue weighted by molar-refractivity contribution is 7.84. The van der Waals surface area contributed by atoms with Gasteiger partial charge in [-0.05, 0) is 66.7 Å². The minimum atomic E-state index is -3.95. The summed E-state index contributed by atoms with van der Waals surface area (Å²) in [5, 5.41) is 14.0. The second-order valence-electron chi connectivity index (χ2n) is 9.57. The first kappa shape index (κ1) is 25.0. The molecule has 1 aromatic carbocycles. The molecule has 0 spiro atoms. The molecule has 1 saturated carbocycles. The fraction of sp³-hybridized carbons (Fsp3) is 0.400. The largest absolute Gasteiger partial charge is 0.367 e. The fourth-order valence-corrected chi connectivity index (χ4v) is 6.58. The molecule has 0 amide bonds. The molecule has 3 heterocycles. The van der Waals surface area contributed by atoms with Crippen LogP contribution in [0, 0.1) is 5.92 Å². The van der Waals surface area contributed by atoms with Crippen LogP contribution in [0.3, 0.4) is 0 Å². The summed E-state index contributed by atoms with van der Waals surface area (Å²) in [6.45, 7) is 3.09. The molecule has 0 radical (unpaired) electrons. The number of ketones is 1. The van der Waals surface area contributed by atoms with Crippen molar-refractivity contribution >= 4 is 33.2 Å². The highest BCUT2D eigenvalue weighted by Gasteiger charge is 2.35. The molecule has 0 bridgehead atoms. The quantitative estimate of drug-likeness (QED) is 0.381. The molecular weight excluding hydrogens is 498 g/mol. The SMILES string of the molecule is CC1(c2csc(C(=O)c3cncnc3N[C@H]3CCC(COS(N)(=O)=O)C3)c2)NCCc2ccccc21. The number of aromatic nitrogens is 2. The lowest BCUT2D eigenvalue weighted by Crippen LogP contribution is -2.45. The van der Waals surface area contributed by atoms with Gasteiger partial charge < -0.3 is 10.6 Å². The number of thiophene rings is 1. The second-order valence-corrected chi connectivity index (χ2v) is 11.7. The minimum Gasteiger partial charge on any atom is -0.367 e. The number of nitrogens with zero attached hydrogens (tertiary/aromatic N) is 2. The molecule has 1 aliphatic carbocycles. The summed E-state index contributed by atoms with van der Waals surface area (Å²) < 4.78 is 26.9. The maximum absolute atomic E-state index is 13.5. The first-order valence-electron chi connectivity index (χ1n) is 11.9. The summed E-state index contributed by atoms with van der Waals surface area (Å²) in [4.78, 5) is 22.6. The Morgan fingerprint density at radius 1 is 1.33 bits per heavy atom. The maximum atomic E-state index is 13.5. The Morgan fingerprint density at radius 2 is 2.17 bits per heavy atom. The van der Waals surface area contributed by atoms with Gasteiger partial charge in [0.1, 0.15) is 12.1 Å². The van der Waals surface area contributed by atoms with E-state index in [9.17, 15) is 13.2 Å². The summed E-state index contributed by atoms with van der Waals surface area (Å²) in [5.41, 5.74) is 3.67. The molecule has 2 unspecified atom stereocenters. The van der Waals surface area contributed by atoms with E-state index < -0.39 is 10.3 Å². The Balaban J connectivity index is 1.32. The molecule has 36 heavy (non-hydrogen) atoms. The Hall–Kier alpha value is -2.70. The van der Waals surface area contributed by atoms with Crippen molar-refractivity contribution < 1.29 is 17.4 Å². The lowest BCUT2D eigenvalue weighted by atomic mass is 9.80. The van der Waals surface area contributed by atoms with Crippen molar-refractivity contribution in [2.75, 3.05) is 18.5 Å². The molecule has 2 aliphatic rings. The van der Waals surface area contributed by atoms with Crippen molar-refractivity contribution in [1.29, 1.82) is 0 Å². The average Bonchev–Trinajstić information content (AvgIpc) is 3.53. The molecule has 3 aromatic rings. The van der Waals surface area contributed by atoms with Gasteiger partial charge in [0.25, 0.3) is 0 Å². The Labute approximate surface area is 214 Å². The molecule has 2 aromatic heterocycles. The highest BCUT2D eigenvalue weighted by Crippen LogP contribution is 2.37. The summed E-state index contributed by atoms with van der Waals surface area (Å²) in [5.74, 6) is 0.415. The van der Waals surface area contributed by atoms with E-state index in [1.54, 1.807) is 6.20 Å². The van der Waals surface area contributed by atoms with Crippen molar-refractivity contribution in [1.82, 2.24) is 15.3 Å². The zero-order valence-electron chi connectivity index (χ0n) is 19.9. The van der Waals surface area contributed by atoms with Gasteiger partial charge in [0.05, 0.1) is 22.6 Å². The van der Waals surface area contributed by atoms with Crippen molar-refractivity contribution in [3.63, 3.8) is 0 Å². The predicted molar refractivity (Wildman–Crippen MR) is 138 cm³/mol. The van der Waals surface area contributed by atoms with Gasteiger partial charge in [0, 0.05) is 18.8 Å². The number of hydrogen-bond acceptors (Lipinski definition) is 9. The van der Waals surface area contributed by atoms with Crippen LogP contribution in [-0.2, 0) is 26.4 Å². The fourth-order valence-electron chi connectivity index (χ4n) is 5.23. The third-order valence-electron chi connectivity index (χ3n) is 7.14. The number of carbonyl (C=O) groups excluding carboxylic acids is 1. The number of nitrogens with two attached hydrogens (primary N) is 1. The van der Waals surface area contributed by atoms with Crippen molar-refractivity contribution in [3.05, 3.63) is 75.4 Å². The lowest BCUT2D eigenvalue weighted by molar-refractivity contribution is 0.104. The monoisotopic (exact) mass is 527 g/mol. The molecule has 9 nitrogen and oxygen atoms in total. The van der Waals surface area contributed by atoms with Crippen LogP contribution in [0.2, 0.25) is 0 Å². The second kappa shape index (κ2) is 9.98. The van der Waals surface area contributed by atoms with E-state index >= 15 is 0 Å². The average molecular weight is 528 g/mol. The minimum absolute atomic E-state index is 0.0428. The Kier molecular flexibility index (Phi) is 6.92. The van der Waals surface area contributed by atoms with E-state index in [-0.39, 0.29) is 29.9 Å². The van der Waals surface area contributed by atoms with Crippen molar-refractivity contribution in [2.45, 2.75) is 44.2 Å². The zero-order chi connectivity index (χ0) is 25.3. The van der Waals surface area contributed by atoms with Crippen LogP contribution in [0.5, 0.6) is 0 Å². The topological polar surface area (TPSA) is 136 Å². The van der Waals surface area contributed by atoms with E-state index in [4.69, 9.17) is 9.32 Å². The van der Waals surface area contributed by atoms with Gasteiger partial charge in [0.15, 0.2) is 0 Å². The van der Waals surface area contributed by atoms with Gasteiger partial charge >= 0.3 is 10.3 Å². The van der Waals surface area contributed by atoms with E-state index in [1.807, 2.05) is 11.4 Å². The maximum Gasteiger partial charge on any atom is 0.333 e. The molecule has 3 atom stereocenters. The molecule has 1 aliphatic heterocycles. The van der Waals surface area contributed by atoms with Crippen LogP contribution in [0.4, 0.5) is 5.82 Å².